The van der Waals surface area contributed by atoms with Crippen LogP contribution in [0.25, 0.3) is 0 Å². The zero-order chi connectivity index (χ0) is 15.8. The molecule has 2 aliphatic heterocycles. The Bertz CT molecular complexity index is 753. The average Bonchev–Trinajstić information content (AvgIpc) is 3.22. The molecule has 3 amide bonds. The maximum Gasteiger partial charge on any atom is 0.321 e. The minimum absolute atomic E-state index is 0.0549. The van der Waals surface area contributed by atoms with E-state index in [1.807, 2.05) is 29.2 Å². The standard InChI is InChI=1S/C17H17N3O2S/c21-16(19-8-5-15-13(11-19)6-10-23-15)12-1-3-14(4-2-12)20-9-7-18-17(20)22/h1-4,6,10H,5,7-9,11H2,(H,18,22). The van der Waals surface area contributed by atoms with Crippen LogP contribution in [0.3, 0.4) is 0 Å². The third-order valence-electron chi connectivity index (χ3n) is 4.38. The Morgan fingerprint density at radius 2 is 1.96 bits per heavy atom. The maximum absolute atomic E-state index is 12.7. The van der Waals surface area contributed by atoms with Crippen molar-refractivity contribution in [2.75, 3.05) is 24.5 Å². The second-order valence-electron chi connectivity index (χ2n) is 5.78. The summed E-state index contributed by atoms with van der Waals surface area (Å²) in [4.78, 5) is 29.3. The summed E-state index contributed by atoms with van der Waals surface area (Å²) in [6.45, 7) is 2.78. The van der Waals surface area contributed by atoms with Crippen molar-refractivity contribution >= 4 is 29.0 Å². The van der Waals surface area contributed by atoms with Crippen LogP contribution in [-0.2, 0) is 13.0 Å². The number of nitrogens with one attached hydrogen (secondary N) is 1. The first-order valence-electron chi connectivity index (χ1n) is 7.72. The molecule has 1 N–H and O–H groups in total. The van der Waals surface area contributed by atoms with E-state index >= 15 is 0 Å². The summed E-state index contributed by atoms with van der Waals surface area (Å²) in [6.07, 6.45) is 0.935. The van der Waals surface area contributed by atoms with Crippen molar-refractivity contribution in [1.82, 2.24) is 10.2 Å². The van der Waals surface area contributed by atoms with E-state index in [4.69, 9.17) is 0 Å². The molecule has 0 spiro atoms. The van der Waals surface area contributed by atoms with Crippen molar-refractivity contribution in [1.29, 1.82) is 0 Å². The molecule has 1 aromatic heterocycles. The molecule has 118 valence electrons. The molecule has 4 rings (SSSR count). The molecular weight excluding hydrogens is 310 g/mol. The van der Waals surface area contributed by atoms with E-state index in [0.29, 0.717) is 25.2 Å². The lowest BCUT2D eigenvalue weighted by molar-refractivity contribution is 0.0736. The number of carbonyl (C=O) groups is 2. The second kappa shape index (κ2) is 5.70. The number of thiophene rings is 1. The predicted molar refractivity (Wildman–Crippen MR) is 90.0 cm³/mol. The Morgan fingerprint density at radius 3 is 2.70 bits per heavy atom. The summed E-state index contributed by atoms with van der Waals surface area (Å²) >= 11 is 1.77. The highest BCUT2D eigenvalue weighted by atomic mass is 32.1. The minimum atomic E-state index is -0.0786. The van der Waals surface area contributed by atoms with Gasteiger partial charge < -0.3 is 10.2 Å². The van der Waals surface area contributed by atoms with Gasteiger partial charge in [-0.2, -0.15) is 0 Å². The molecule has 0 saturated carbocycles. The quantitative estimate of drug-likeness (QED) is 0.921. The molecule has 0 aliphatic carbocycles. The predicted octanol–water partition coefficient (Wildman–Crippen LogP) is 2.48. The third kappa shape index (κ3) is 2.59. The van der Waals surface area contributed by atoms with Crippen molar-refractivity contribution in [3.8, 4) is 0 Å². The Balaban J connectivity index is 1.50. The van der Waals surface area contributed by atoms with Crippen LogP contribution in [0.2, 0.25) is 0 Å². The van der Waals surface area contributed by atoms with E-state index in [1.165, 1.54) is 10.4 Å². The molecule has 0 atom stereocenters. The SMILES string of the molecule is O=C(c1ccc(N2CCNC2=O)cc1)N1CCc2sccc2C1. The number of carbonyl (C=O) groups excluding carboxylic acids is 2. The number of rotatable bonds is 2. The maximum atomic E-state index is 12.7. The Hall–Kier alpha value is -2.34. The van der Waals surface area contributed by atoms with E-state index in [-0.39, 0.29) is 11.9 Å². The van der Waals surface area contributed by atoms with Crippen molar-refractivity contribution in [2.24, 2.45) is 0 Å². The fraction of sp³-hybridized carbons (Fsp3) is 0.294. The highest BCUT2D eigenvalue weighted by Gasteiger charge is 2.24. The van der Waals surface area contributed by atoms with E-state index in [2.05, 4.69) is 16.8 Å². The van der Waals surface area contributed by atoms with Gasteiger partial charge in [0, 0.05) is 42.3 Å². The van der Waals surface area contributed by atoms with Gasteiger partial charge in [-0.3, -0.25) is 9.69 Å². The molecule has 0 unspecified atom stereocenters. The van der Waals surface area contributed by atoms with Crippen LogP contribution in [0.15, 0.2) is 35.7 Å². The minimum Gasteiger partial charge on any atom is -0.336 e. The fourth-order valence-electron chi connectivity index (χ4n) is 3.11. The number of amides is 3. The molecule has 6 heteroatoms. The van der Waals surface area contributed by atoms with Gasteiger partial charge in [-0.1, -0.05) is 0 Å². The Kier molecular flexibility index (Phi) is 3.53. The van der Waals surface area contributed by atoms with Gasteiger partial charge in [0.1, 0.15) is 0 Å². The number of fused-ring (bicyclic) bond motifs is 1. The highest BCUT2D eigenvalue weighted by molar-refractivity contribution is 7.10. The normalized spacial score (nSPS) is 17.1. The lowest BCUT2D eigenvalue weighted by atomic mass is 10.1. The molecule has 0 bridgehead atoms. The number of nitrogens with zero attached hydrogens (tertiary/aromatic N) is 2. The average molecular weight is 327 g/mol. The first-order valence-corrected chi connectivity index (χ1v) is 8.60. The molecule has 0 radical (unpaired) electrons. The van der Waals surface area contributed by atoms with Crippen molar-refractivity contribution in [3.63, 3.8) is 0 Å². The van der Waals surface area contributed by atoms with Gasteiger partial charge in [-0.25, -0.2) is 4.79 Å². The van der Waals surface area contributed by atoms with Crippen molar-refractivity contribution in [2.45, 2.75) is 13.0 Å². The van der Waals surface area contributed by atoms with Crippen molar-refractivity contribution in [3.05, 3.63) is 51.7 Å². The zero-order valence-corrected chi connectivity index (χ0v) is 13.4. The molecule has 2 aromatic rings. The largest absolute Gasteiger partial charge is 0.336 e. The van der Waals surface area contributed by atoms with Crippen LogP contribution in [0.1, 0.15) is 20.8 Å². The topological polar surface area (TPSA) is 52.7 Å². The second-order valence-corrected chi connectivity index (χ2v) is 6.78. The number of hydrogen-bond donors (Lipinski definition) is 1. The van der Waals surface area contributed by atoms with Gasteiger partial charge in [0.2, 0.25) is 0 Å². The molecular formula is C17H17N3O2S. The van der Waals surface area contributed by atoms with Gasteiger partial charge >= 0.3 is 6.03 Å². The summed E-state index contributed by atoms with van der Waals surface area (Å²) in [5, 5.41) is 4.87. The summed E-state index contributed by atoms with van der Waals surface area (Å²) in [5.41, 5.74) is 2.77. The van der Waals surface area contributed by atoms with Gasteiger partial charge in [0.05, 0.1) is 0 Å². The smallest absolute Gasteiger partial charge is 0.321 e. The molecule has 5 nitrogen and oxygen atoms in total. The number of hydrogen-bond acceptors (Lipinski definition) is 3. The van der Waals surface area contributed by atoms with Gasteiger partial charge in [-0.15, -0.1) is 11.3 Å². The summed E-state index contributed by atoms with van der Waals surface area (Å²) < 4.78 is 0. The van der Waals surface area contributed by atoms with E-state index < -0.39 is 0 Å². The molecule has 3 heterocycles. The lowest BCUT2D eigenvalue weighted by Gasteiger charge is -2.27. The van der Waals surface area contributed by atoms with Crippen LogP contribution < -0.4 is 10.2 Å². The van der Waals surface area contributed by atoms with Crippen LogP contribution in [0.5, 0.6) is 0 Å². The zero-order valence-electron chi connectivity index (χ0n) is 12.6. The molecule has 1 aromatic carbocycles. The lowest BCUT2D eigenvalue weighted by Crippen LogP contribution is -2.35. The monoisotopic (exact) mass is 327 g/mol. The Morgan fingerprint density at radius 1 is 1.13 bits per heavy atom. The van der Waals surface area contributed by atoms with E-state index in [1.54, 1.807) is 16.2 Å². The van der Waals surface area contributed by atoms with Crippen molar-refractivity contribution < 1.29 is 9.59 Å². The van der Waals surface area contributed by atoms with Gasteiger partial charge in [0.15, 0.2) is 0 Å². The number of anilines is 1. The summed E-state index contributed by atoms with van der Waals surface area (Å²) in [7, 11) is 0. The first-order chi connectivity index (χ1) is 11.2. The summed E-state index contributed by atoms with van der Waals surface area (Å²) in [5.74, 6) is 0.0549. The third-order valence-corrected chi connectivity index (χ3v) is 5.40. The van der Waals surface area contributed by atoms with Crippen LogP contribution >= 0.6 is 11.3 Å². The van der Waals surface area contributed by atoms with Crippen LogP contribution in [-0.4, -0.2) is 36.5 Å². The number of benzene rings is 1. The molecule has 2 aliphatic rings. The number of urea groups is 1. The molecule has 23 heavy (non-hydrogen) atoms. The van der Waals surface area contributed by atoms with Crippen LogP contribution in [0, 0.1) is 0 Å². The van der Waals surface area contributed by atoms with Gasteiger partial charge in [0.25, 0.3) is 5.91 Å². The van der Waals surface area contributed by atoms with Gasteiger partial charge in [-0.05, 0) is 47.7 Å². The van der Waals surface area contributed by atoms with E-state index in [9.17, 15) is 9.59 Å². The highest BCUT2D eigenvalue weighted by Crippen LogP contribution is 2.25. The molecule has 1 saturated heterocycles. The Labute approximate surface area is 138 Å². The van der Waals surface area contributed by atoms with Crippen LogP contribution in [0.4, 0.5) is 10.5 Å². The first kappa shape index (κ1) is 14.3. The molecule has 1 fully saturated rings. The summed E-state index contributed by atoms with van der Waals surface area (Å²) in [6, 6.07) is 9.34. The fourth-order valence-corrected chi connectivity index (χ4v) is 4.00. The van der Waals surface area contributed by atoms with E-state index in [0.717, 1.165) is 18.7 Å².